The molecule has 2 aromatic rings. The lowest BCUT2D eigenvalue weighted by Crippen LogP contribution is -1.94. The molecule has 5 nitrogen and oxygen atoms in total. The summed E-state index contributed by atoms with van der Waals surface area (Å²) in [6, 6.07) is 0. The largest absolute Gasteiger partial charge is 0.479 e. The van der Waals surface area contributed by atoms with Gasteiger partial charge in [0.2, 0.25) is 11.2 Å². The number of imidazole rings is 1. The monoisotopic (exact) mass is 198 g/mol. The summed E-state index contributed by atoms with van der Waals surface area (Å²) in [6.07, 6.45) is 0. The number of halogens is 1. The number of hydrogen-bond donors (Lipinski definition) is 1. The zero-order valence-electron chi connectivity index (χ0n) is 7.13. The Kier molecular flexibility index (Phi) is 1.81. The second-order valence-corrected chi connectivity index (χ2v) is 2.86. The van der Waals surface area contributed by atoms with Crippen LogP contribution in [-0.2, 0) is 0 Å². The molecule has 0 unspecified atom stereocenters. The van der Waals surface area contributed by atoms with Crippen LogP contribution in [0.3, 0.4) is 0 Å². The van der Waals surface area contributed by atoms with Gasteiger partial charge in [0.15, 0.2) is 5.65 Å². The molecule has 68 valence electrons. The van der Waals surface area contributed by atoms with Crippen LogP contribution in [0.2, 0.25) is 5.28 Å². The fourth-order valence-electron chi connectivity index (χ4n) is 1.09. The summed E-state index contributed by atoms with van der Waals surface area (Å²) in [6.45, 7) is 1.77. The fraction of sp³-hybridized carbons (Fsp3) is 0.286. The standard InChI is InChI=1S/C7H7ClN4O/c1-3-9-5-4(6(10-3)13-2)11-7(8)12-5/h1-2H3,(H,9,10,11,12). The minimum atomic E-state index is 0.285. The lowest BCUT2D eigenvalue weighted by Gasteiger charge is -1.99. The van der Waals surface area contributed by atoms with Crippen molar-refractivity contribution < 1.29 is 4.74 Å². The van der Waals surface area contributed by atoms with Crippen LogP contribution in [0.1, 0.15) is 5.82 Å². The van der Waals surface area contributed by atoms with Crippen molar-refractivity contribution in [3.8, 4) is 5.88 Å². The highest BCUT2D eigenvalue weighted by atomic mass is 35.5. The average molecular weight is 199 g/mol. The molecule has 2 rings (SSSR count). The van der Waals surface area contributed by atoms with Gasteiger partial charge >= 0.3 is 0 Å². The summed E-state index contributed by atoms with van der Waals surface area (Å²) < 4.78 is 5.04. The smallest absolute Gasteiger partial charge is 0.243 e. The van der Waals surface area contributed by atoms with E-state index in [4.69, 9.17) is 16.3 Å². The maximum Gasteiger partial charge on any atom is 0.243 e. The lowest BCUT2D eigenvalue weighted by atomic mass is 10.5. The molecule has 0 saturated heterocycles. The van der Waals surface area contributed by atoms with Gasteiger partial charge in [0.25, 0.3) is 0 Å². The molecule has 0 bridgehead atoms. The number of aromatic amines is 1. The zero-order chi connectivity index (χ0) is 9.42. The van der Waals surface area contributed by atoms with Crippen molar-refractivity contribution >= 4 is 22.8 Å². The lowest BCUT2D eigenvalue weighted by molar-refractivity contribution is 0.400. The molecule has 6 heteroatoms. The van der Waals surface area contributed by atoms with Crippen LogP contribution < -0.4 is 4.74 Å². The van der Waals surface area contributed by atoms with E-state index in [1.165, 1.54) is 7.11 Å². The molecule has 0 fully saturated rings. The van der Waals surface area contributed by atoms with Gasteiger partial charge in [-0.1, -0.05) is 0 Å². The Balaban J connectivity index is 2.80. The van der Waals surface area contributed by atoms with Crippen molar-refractivity contribution in [2.75, 3.05) is 7.11 Å². The zero-order valence-corrected chi connectivity index (χ0v) is 7.88. The molecule has 0 radical (unpaired) electrons. The Morgan fingerprint density at radius 2 is 2.08 bits per heavy atom. The van der Waals surface area contributed by atoms with E-state index in [0.29, 0.717) is 22.9 Å². The van der Waals surface area contributed by atoms with Crippen molar-refractivity contribution in [3.05, 3.63) is 11.1 Å². The Morgan fingerprint density at radius 3 is 2.77 bits per heavy atom. The third-order valence-corrected chi connectivity index (χ3v) is 1.77. The highest BCUT2D eigenvalue weighted by Gasteiger charge is 2.09. The first-order chi connectivity index (χ1) is 6.20. The Labute approximate surface area is 79.1 Å². The minimum Gasteiger partial charge on any atom is -0.479 e. The second-order valence-electron chi connectivity index (χ2n) is 2.51. The van der Waals surface area contributed by atoms with E-state index >= 15 is 0 Å². The first-order valence-electron chi connectivity index (χ1n) is 3.64. The molecule has 0 spiro atoms. The highest BCUT2D eigenvalue weighted by Crippen LogP contribution is 2.20. The molecule has 2 aromatic heterocycles. The summed E-state index contributed by atoms with van der Waals surface area (Å²) >= 11 is 5.67. The van der Waals surface area contributed by atoms with E-state index < -0.39 is 0 Å². The van der Waals surface area contributed by atoms with Gasteiger partial charge in [-0.3, -0.25) is 0 Å². The second kappa shape index (κ2) is 2.85. The topological polar surface area (TPSA) is 63.7 Å². The van der Waals surface area contributed by atoms with Gasteiger partial charge in [0.1, 0.15) is 11.3 Å². The molecule has 0 saturated carbocycles. The van der Waals surface area contributed by atoms with Crippen molar-refractivity contribution in [3.63, 3.8) is 0 Å². The number of methoxy groups -OCH3 is 1. The van der Waals surface area contributed by atoms with Crippen LogP contribution in [0, 0.1) is 6.92 Å². The molecule has 0 aliphatic carbocycles. The van der Waals surface area contributed by atoms with E-state index in [-0.39, 0.29) is 5.28 Å². The SMILES string of the molecule is COc1nc(C)nc2nc(Cl)[nH]c12. The van der Waals surface area contributed by atoms with E-state index in [2.05, 4.69) is 19.9 Å². The normalized spacial score (nSPS) is 10.7. The number of nitrogens with zero attached hydrogens (tertiary/aromatic N) is 3. The first kappa shape index (κ1) is 8.25. The molecular weight excluding hydrogens is 192 g/mol. The van der Waals surface area contributed by atoms with Gasteiger partial charge < -0.3 is 9.72 Å². The van der Waals surface area contributed by atoms with Crippen LogP contribution in [0.4, 0.5) is 0 Å². The average Bonchev–Trinajstić information content (AvgIpc) is 2.43. The molecule has 0 aromatic carbocycles. The molecule has 1 N–H and O–H groups in total. The number of H-pyrrole nitrogens is 1. The number of nitrogens with one attached hydrogen (secondary N) is 1. The van der Waals surface area contributed by atoms with Gasteiger partial charge in [-0.15, -0.1) is 0 Å². The summed E-state index contributed by atoms with van der Waals surface area (Å²) in [7, 11) is 1.54. The van der Waals surface area contributed by atoms with Crippen molar-refractivity contribution in [1.29, 1.82) is 0 Å². The maximum atomic E-state index is 5.67. The van der Waals surface area contributed by atoms with Gasteiger partial charge in [0.05, 0.1) is 7.11 Å². The molecule has 0 aliphatic heterocycles. The fourth-order valence-corrected chi connectivity index (χ4v) is 1.27. The number of ether oxygens (including phenoxy) is 1. The van der Waals surface area contributed by atoms with Crippen LogP contribution in [-0.4, -0.2) is 27.0 Å². The number of rotatable bonds is 1. The minimum absolute atomic E-state index is 0.285. The van der Waals surface area contributed by atoms with Crippen molar-refractivity contribution in [2.45, 2.75) is 6.92 Å². The van der Waals surface area contributed by atoms with E-state index in [1.807, 2.05) is 0 Å². The summed E-state index contributed by atoms with van der Waals surface area (Å²) in [5.41, 5.74) is 1.15. The predicted molar refractivity (Wildman–Crippen MR) is 48.0 cm³/mol. The van der Waals surface area contributed by atoms with E-state index in [1.54, 1.807) is 6.92 Å². The van der Waals surface area contributed by atoms with Gasteiger partial charge in [-0.25, -0.2) is 4.98 Å². The molecular formula is C7H7ClN4O. The van der Waals surface area contributed by atoms with Crippen LogP contribution in [0.15, 0.2) is 0 Å². The molecule has 0 aliphatic rings. The van der Waals surface area contributed by atoms with Crippen LogP contribution in [0.5, 0.6) is 5.88 Å². The van der Waals surface area contributed by atoms with Gasteiger partial charge in [-0.2, -0.15) is 9.97 Å². The first-order valence-corrected chi connectivity index (χ1v) is 4.02. The number of aromatic nitrogens is 4. The quantitative estimate of drug-likeness (QED) is 0.702. The Hall–Kier alpha value is -1.36. The van der Waals surface area contributed by atoms with Crippen LogP contribution >= 0.6 is 11.6 Å². The Morgan fingerprint density at radius 1 is 1.31 bits per heavy atom. The predicted octanol–water partition coefficient (Wildman–Crippen LogP) is 1.32. The number of fused-ring (bicyclic) bond motifs is 1. The third-order valence-electron chi connectivity index (χ3n) is 1.59. The van der Waals surface area contributed by atoms with E-state index in [9.17, 15) is 0 Å². The maximum absolute atomic E-state index is 5.67. The highest BCUT2D eigenvalue weighted by molar-refractivity contribution is 6.29. The molecule has 0 amide bonds. The third kappa shape index (κ3) is 1.31. The Bertz CT molecular complexity index is 453. The summed E-state index contributed by atoms with van der Waals surface area (Å²) in [5, 5.41) is 0.285. The molecule has 13 heavy (non-hydrogen) atoms. The van der Waals surface area contributed by atoms with Crippen molar-refractivity contribution in [2.24, 2.45) is 0 Å². The summed E-state index contributed by atoms with van der Waals surface area (Å²) in [4.78, 5) is 14.9. The summed E-state index contributed by atoms with van der Waals surface area (Å²) in [5.74, 6) is 1.06. The van der Waals surface area contributed by atoms with Crippen molar-refractivity contribution in [1.82, 2.24) is 19.9 Å². The van der Waals surface area contributed by atoms with Crippen LogP contribution in [0.25, 0.3) is 11.2 Å². The van der Waals surface area contributed by atoms with Gasteiger partial charge in [0, 0.05) is 0 Å². The number of hydrogen-bond acceptors (Lipinski definition) is 4. The number of aryl methyl sites for hydroxylation is 1. The molecule has 0 atom stereocenters. The molecule has 2 heterocycles. The van der Waals surface area contributed by atoms with E-state index in [0.717, 1.165) is 0 Å². The van der Waals surface area contributed by atoms with Gasteiger partial charge in [-0.05, 0) is 18.5 Å².